The second kappa shape index (κ2) is 8.84. The van der Waals surface area contributed by atoms with E-state index in [4.69, 9.17) is 5.73 Å². The Morgan fingerprint density at radius 3 is 2.73 bits per heavy atom. The predicted molar refractivity (Wildman–Crippen MR) is 92.9 cm³/mol. The lowest BCUT2D eigenvalue weighted by Crippen LogP contribution is -2.41. The van der Waals surface area contributed by atoms with Crippen LogP contribution in [0.15, 0.2) is 30.5 Å². The fourth-order valence-corrected chi connectivity index (χ4v) is 2.62. The monoisotopic (exact) mass is 364 g/mol. The molecule has 140 valence electrons. The number of carbonyl (C=O) groups excluding carboxylic acids is 2. The van der Waals surface area contributed by atoms with Gasteiger partial charge < -0.3 is 26.0 Å². The standard InChI is InChI=1S/C17H21FN4O4/c18-12-4-3-11-5-8-22(14(11)10-12)9-6-15(23)21-13(16(24)25)2-1-7-20-17(19)26/h3-5,8,10,13H,1-2,6-7,9H2,(H,21,23)(H,24,25)(H3,19,20,26). The van der Waals surface area contributed by atoms with Gasteiger partial charge in [-0.15, -0.1) is 0 Å². The smallest absolute Gasteiger partial charge is 0.326 e. The van der Waals surface area contributed by atoms with Gasteiger partial charge >= 0.3 is 12.0 Å². The lowest BCUT2D eigenvalue weighted by atomic mass is 10.1. The lowest BCUT2D eigenvalue weighted by molar-refractivity contribution is -0.142. The van der Waals surface area contributed by atoms with E-state index in [1.54, 1.807) is 16.8 Å². The summed E-state index contributed by atoms with van der Waals surface area (Å²) in [4.78, 5) is 33.8. The topological polar surface area (TPSA) is 126 Å². The zero-order valence-electron chi connectivity index (χ0n) is 14.1. The molecule has 0 spiro atoms. The average molecular weight is 364 g/mol. The number of nitrogens with two attached hydrogens (primary N) is 1. The number of carboxylic acid groups (broad SMARTS) is 1. The Morgan fingerprint density at radius 1 is 1.27 bits per heavy atom. The fourth-order valence-electron chi connectivity index (χ4n) is 2.62. The number of nitrogens with zero attached hydrogens (tertiary/aromatic N) is 1. The van der Waals surface area contributed by atoms with E-state index in [1.165, 1.54) is 12.1 Å². The van der Waals surface area contributed by atoms with Gasteiger partial charge in [0.2, 0.25) is 5.91 Å². The minimum Gasteiger partial charge on any atom is -0.480 e. The van der Waals surface area contributed by atoms with Gasteiger partial charge in [-0.25, -0.2) is 14.0 Å². The van der Waals surface area contributed by atoms with Crippen LogP contribution < -0.4 is 16.4 Å². The van der Waals surface area contributed by atoms with Gasteiger partial charge in [-0.05, 0) is 42.5 Å². The summed E-state index contributed by atoms with van der Waals surface area (Å²) in [5, 5.41) is 14.9. The Hall–Kier alpha value is -3.10. The molecule has 2 rings (SSSR count). The maximum Gasteiger partial charge on any atom is 0.326 e. The van der Waals surface area contributed by atoms with E-state index in [-0.39, 0.29) is 25.2 Å². The quantitative estimate of drug-likeness (QED) is 0.499. The number of nitrogens with one attached hydrogen (secondary N) is 2. The van der Waals surface area contributed by atoms with Crippen LogP contribution in [0.3, 0.4) is 0 Å². The van der Waals surface area contributed by atoms with Crippen molar-refractivity contribution >= 4 is 28.8 Å². The molecule has 3 amide bonds. The van der Waals surface area contributed by atoms with Gasteiger partial charge in [0, 0.05) is 25.7 Å². The number of fused-ring (bicyclic) bond motifs is 1. The van der Waals surface area contributed by atoms with Crippen molar-refractivity contribution in [3.05, 3.63) is 36.3 Å². The summed E-state index contributed by atoms with van der Waals surface area (Å²) in [6, 6.07) is 4.50. The van der Waals surface area contributed by atoms with Gasteiger partial charge in [0.25, 0.3) is 0 Å². The van der Waals surface area contributed by atoms with Crippen molar-refractivity contribution in [2.45, 2.75) is 31.8 Å². The van der Waals surface area contributed by atoms with Gasteiger partial charge in [0.05, 0.1) is 5.52 Å². The van der Waals surface area contributed by atoms with E-state index in [1.807, 2.05) is 6.07 Å². The largest absolute Gasteiger partial charge is 0.480 e. The van der Waals surface area contributed by atoms with Crippen molar-refractivity contribution < 1.29 is 23.9 Å². The molecule has 0 radical (unpaired) electrons. The van der Waals surface area contributed by atoms with Gasteiger partial charge in [-0.1, -0.05) is 0 Å². The van der Waals surface area contributed by atoms with Crippen LogP contribution in [0.25, 0.3) is 10.9 Å². The van der Waals surface area contributed by atoms with Crippen LogP contribution in [0.1, 0.15) is 19.3 Å². The molecule has 1 heterocycles. The number of carbonyl (C=O) groups is 3. The summed E-state index contributed by atoms with van der Waals surface area (Å²) in [5.74, 6) is -1.93. The molecule has 0 saturated heterocycles. The molecule has 1 atom stereocenters. The molecule has 0 saturated carbocycles. The third kappa shape index (κ3) is 5.47. The summed E-state index contributed by atoms with van der Waals surface area (Å²) in [6.07, 6.45) is 2.34. The number of rotatable bonds is 9. The van der Waals surface area contributed by atoms with E-state index >= 15 is 0 Å². The van der Waals surface area contributed by atoms with Crippen LogP contribution in [0.4, 0.5) is 9.18 Å². The van der Waals surface area contributed by atoms with Crippen LogP contribution in [0.2, 0.25) is 0 Å². The van der Waals surface area contributed by atoms with E-state index in [0.717, 1.165) is 5.39 Å². The summed E-state index contributed by atoms with van der Waals surface area (Å²) in [7, 11) is 0. The second-order valence-corrected chi connectivity index (χ2v) is 5.85. The number of hydrogen-bond acceptors (Lipinski definition) is 3. The number of amides is 3. The van der Waals surface area contributed by atoms with Crippen LogP contribution in [0.5, 0.6) is 0 Å². The SMILES string of the molecule is NC(=O)NCCCC(NC(=O)CCn1ccc2ccc(F)cc21)C(=O)O. The van der Waals surface area contributed by atoms with Crippen LogP contribution >= 0.6 is 0 Å². The Bertz CT molecular complexity index is 805. The number of aryl methyl sites for hydroxylation is 1. The number of carboxylic acids is 1. The average Bonchev–Trinajstić information content (AvgIpc) is 2.97. The molecule has 0 aliphatic heterocycles. The molecule has 1 unspecified atom stereocenters. The molecule has 0 aliphatic rings. The molecule has 26 heavy (non-hydrogen) atoms. The zero-order chi connectivity index (χ0) is 19.1. The number of urea groups is 1. The van der Waals surface area contributed by atoms with Crippen LogP contribution in [0, 0.1) is 5.82 Å². The zero-order valence-corrected chi connectivity index (χ0v) is 14.1. The summed E-state index contributed by atoms with van der Waals surface area (Å²) < 4.78 is 15.1. The van der Waals surface area contributed by atoms with Gasteiger partial charge in [0.1, 0.15) is 11.9 Å². The molecule has 9 heteroatoms. The molecule has 0 aliphatic carbocycles. The Morgan fingerprint density at radius 2 is 2.04 bits per heavy atom. The van der Waals surface area contributed by atoms with Gasteiger partial charge in [-0.2, -0.15) is 0 Å². The van der Waals surface area contributed by atoms with Crippen molar-refractivity contribution in [3.63, 3.8) is 0 Å². The Balaban J connectivity index is 1.86. The first-order valence-corrected chi connectivity index (χ1v) is 8.16. The fraction of sp³-hybridized carbons (Fsp3) is 0.353. The Kier molecular flexibility index (Phi) is 6.54. The maximum absolute atomic E-state index is 13.4. The molecule has 0 fully saturated rings. The first kappa shape index (κ1) is 19.2. The molecular weight excluding hydrogens is 343 g/mol. The van der Waals surface area contributed by atoms with Gasteiger partial charge in [0.15, 0.2) is 0 Å². The van der Waals surface area contributed by atoms with Crippen molar-refractivity contribution in [1.82, 2.24) is 15.2 Å². The van der Waals surface area contributed by atoms with Crippen LogP contribution in [-0.4, -0.2) is 40.2 Å². The van der Waals surface area contributed by atoms with Crippen LogP contribution in [-0.2, 0) is 16.1 Å². The normalized spacial score (nSPS) is 11.9. The van der Waals surface area contributed by atoms with E-state index < -0.39 is 23.9 Å². The molecule has 1 aromatic heterocycles. The van der Waals surface area contributed by atoms with E-state index in [0.29, 0.717) is 18.5 Å². The van der Waals surface area contributed by atoms with Crippen molar-refractivity contribution in [2.75, 3.05) is 6.54 Å². The highest BCUT2D eigenvalue weighted by Crippen LogP contribution is 2.17. The highest BCUT2D eigenvalue weighted by molar-refractivity contribution is 5.84. The third-order valence-electron chi connectivity index (χ3n) is 3.92. The lowest BCUT2D eigenvalue weighted by Gasteiger charge is -2.15. The summed E-state index contributed by atoms with van der Waals surface area (Å²) in [6.45, 7) is 0.532. The number of halogens is 1. The Labute approximate surface area is 149 Å². The first-order chi connectivity index (χ1) is 12.4. The number of hydrogen-bond donors (Lipinski definition) is 4. The molecule has 8 nitrogen and oxygen atoms in total. The molecule has 1 aromatic carbocycles. The second-order valence-electron chi connectivity index (χ2n) is 5.85. The molecule has 0 bridgehead atoms. The minimum atomic E-state index is -1.15. The molecular formula is C17H21FN4O4. The molecule has 5 N–H and O–H groups in total. The van der Waals surface area contributed by atoms with Crippen molar-refractivity contribution in [2.24, 2.45) is 5.73 Å². The van der Waals surface area contributed by atoms with E-state index in [9.17, 15) is 23.9 Å². The summed E-state index contributed by atoms with van der Waals surface area (Å²) >= 11 is 0. The van der Waals surface area contributed by atoms with Crippen molar-refractivity contribution in [1.29, 1.82) is 0 Å². The number of aliphatic carboxylic acids is 1. The highest BCUT2D eigenvalue weighted by Gasteiger charge is 2.19. The predicted octanol–water partition coefficient (Wildman–Crippen LogP) is 1.19. The number of aromatic nitrogens is 1. The third-order valence-corrected chi connectivity index (χ3v) is 3.92. The minimum absolute atomic E-state index is 0.0591. The maximum atomic E-state index is 13.4. The summed E-state index contributed by atoms with van der Waals surface area (Å²) in [5.41, 5.74) is 5.59. The van der Waals surface area contributed by atoms with Gasteiger partial charge in [-0.3, -0.25) is 4.79 Å². The molecule has 2 aromatic rings. The van der Waals surface area contributed by atoms with Crippen molar-refractivity contribution in [3.8, 4) is 0 Å². The number of primary amides is 1. The number of benzene rings is 1. The first-order valence-electron chi connectivity index (χ1n) is 8.16. The van der Waals surface area contributed by atoms with E-state index in [2.05, 4.69) is 10.6 Å². The highest BCUT2D eigenvalue weighted by atomic mass is 19.1.